The minimum atomic E-state index is -0.731. The Bertz CT molecular complexity index is 1110. The summed E-state index contributed by atoms with van der Waals surface area (Å²) >= 11 is 0. The quantitative estimate of drug-likeness (QED) is 0.654. The normalized spacial score (nSPS) is 21.7. The lowest BCUT2D eigenvalue weighted by Gasteiger charge is -2.28. The highest BCUT2D eigenvalue weighted by atomic mass is 16.5. The Morgan fingerprint density at radius 3 is 2.73 bits per heavy atom. The molecule has 2 aliphatic heterocycles. The van der Waals surface area contributed by atoms with Crippen molar-refractivity contribution in [3.63, 3.8) is 0 Å². The molecular formula is C23H20N2O5. The molecule has 5 rings (SSSR count). The first-order chi connectivity index (χ1) is 14.6. The van der Waals surface area contributed by atoms with Crippen molar-refractivity contribution in [1.29, 1.82) is 0 Å². The number of nitrogens with zero attached hydrogens (tertiary/aromatic N) is 2. The van der Waals surface area contributed by atoms with E-state index in [1.165, 1.54) is 4.90 Å². The zero-order valence-corrected chi connectivity index (χ0v) is 16.2. The van der Waals surface area contributed by atoms with Crippen LogP contribution in [0.5, 0.6) is 0 Å². The molecule has 152 valence electrons. The van der Waals surface area contributed by atoms with E-state index in [0.717, 1.165) is 18.2 Å². The number of amides is 1. The molecule has 1 fully saturated rings. The number of ketones is 1. The largest absolute Gasteiger partial charge is 0.503 e. The monoisotopic (exact) mass is 404 g/mol. The maximum Gasteiger partial charge on any atom is 0.290 e. The number of carbonyl (C=O) groups excluding carboxylic acids is 2. The van der Waals surface area contributed by atoms with Gasteiger partial charge >= 0.3 is 0 Å². The Balaban J connectivity index is 1.56. The first kappa shape index (κ1) is 18.6. The highest BCUT2D eigenvalue weighted by Gasteiger charge is 2.45. The number of aliphatic hydroxyl groups is 1. The number of furan rings is 1. The fourth-order valence-electron chi connectivity index (χ4n) is 4.20. The molecular weight excluding hydrogens is 384 g/mol. The molecule has 3 aromatic rings. The summed E-state index contributed by atoms with van der Waals surface area (Å²) in [5, 5.41) is 11.5. The van der Waals surface area contributed by atoms with Gasteiger partial charge in [0.1, 0.15) is 5.58 Å². The molecule has 0 aliphatic carbocycles. The number of carbonyl (C=O) groups is 2. The molecule has 0 saturated carbocycles. The minimum Gasteiger partial charge on any atom is -0.503 e. The Morgan fingerprint density at radius 1 is 1.20 bits per heavy atom. The van der Waals surface area contributed by atoms with Gasteiger partial charge in [-0.05, 0) is 42.7 Å². The number of Topliss-reactive ketones (excluding diaryl/α,β-unsaturated/α-hetero) is 1. The van der Waals surface area contributed by atoms with E-state index in [1.807, 2.05) is 18.2 Å². The number of hydrogen-bond acceptors (Lipinski definition) is 6. The van der Waals surface area contributed by atoms with E-state index in [-0.39, 0.29) is 17.4 Å². The van der Waals surface area contributed by atoms with Gasteiger partial charge in [0.15, 0.2) is 11.5 Å². The van der Waals surface area contributed by atoms with E-state index in [1.54, 1.807) is 36.7 Å². The van der Waals surface area contributed by atoms with Crippen molar-refractivity contribution < 1.29 is 23.8 Å². The maximum absolute atomic E-state index is 13.4. The van der Waals surface area contributed by atoms with Gasteiger partial charge in [0.05, 0.1) is 17.7 Å². The average Bonchev–Trinajstić information content (AvgIpc) is 3.49. The van der Waals surface area contributed by atoms with Gasteiger partial charge in [0.2, 0.25) is 5.78 Å². The molecule has 0 radical (unpaired) electrons. The van der Waals surface area contributed by atoms with Gasteiger partial charge in [-0.25, -0.2) is 0 Å². The molecule has 2 unspecified atom stereocenters. The Hall–Kier alpha value is -3.45. The average molecular weight is 404 g/mol. The van der Waals surface area contributed by atoms with Crippen molar-refractivity contribution in [2.24, 2.45) is 0 Å². The van der Waals surface area contributed by atoms with Gasteiger partial charge in [-0.3, -0.25) is 14.6 Å². The van der Waals surface area contributed by atoms with Crippen molar-refractivity contribution in [1.82, 2.24) is 9.88 Å². The Labute approximate surface area is 172 Å². The number of hydrogen-bond donors (Lipinski definition) is 1. The van der Waals surface area contributed by atoms with E-state index in [2.05, 4.69) is 4.98 Å². The van der Waals surface area contributed by atoms with E-state index >= 15 is 0 Å². The van der Waals surface area contributed by atoms with Gasteiger partial charge in [0.25, 0.3) is 5.91 Å². The molecule has 2 aliphatic rings. The van der Waals surface area contributed by atoms with Crippen molar-refractivity contribution in [3.8, 4) is 0 Å². The lowest BCUT2D eigenvalue weighted by Crippen LogP contribution is -2.37. The predicted octanol–water partition coefficient (Wildman–Crippen LogP) is 3.59. The van der Waals surface area contributed by atoms with Gasteiger partial charge in [-0.1, -0.05) is 18.2 Å². The Morgan fingerprint density at radius 2 is 2.00 bits per heavy atom. The van der Waals surface area contributed by atoms with Crippen LogP contribution in [-0.4, -0.2) is 45.9 Å². The van der Waals surface area contributed by atoms with Crippen LogP contribution in [-0.2, 0) is 9.53 Å². The number of rotatable bonds is 5. The van der Waals surface area contributed by atoms with Crippen molar-refractivity contribution in [2.45, 2.75) is 25.0 Å². The second kappa shape index (κ2) is 7.42. The van der Waals surface area contributed by atoms with Crippen LogP contribution in [0.3, 0.4) is 0 Å². The third kappa shape index (κ3) is 3.07. The number of ether oxygens (including phenoxy) is 1. The summed E-state index contributed by atoms with van der Waals surface area (Å²) in [4.78, 5) is 31.9. The van der Waals surface area contributed by atoms with Gasteiger partial charge in [-0.15, -0.1) is 0 Å². The summed E-state index contributed by atoms with van der Waals surface area (Å²) in [6.45, 7) is 0.948. The molecule has 1 N–H and O–H groups in total. The number of aromatic nitrogens is 1. The van der Waals surface area contributed by atoms with Crippen LogP contribution >= 0.6 is 0 Å². The summed E-state index contributed by atoms with van der Waals surface area (Å²) < 4.78 is 11.4. The summed E-state index contributed by atoms with van der Waals surface area (Å²) in [7, 11) is 0. The summed E-state index contributed by atoms with van der Waals surface area (Å²) in [6.07, 6.45) is 4.84. The number of pyridine rings is 1. The number of aliphatic hydroxyl groups excluding tert-OH is 1. The number of benzene rings is 1. The smallest absolute Gasteiger partial charge is 0.290 e. The summed E-state index contributed by atoms with van der Waals surface area (Å²) in [6, 6.07) is 11.7. The van der Waals surface area contributed by atoms with Crippen LogP contribution in [0.1, 0.15) is 35.0 Å². The highest BCUT2D eigenvalue weighted by Crippen LogP contribution is 2.40. The van der Waals surface area contributed by atoms with Crippen LogP contribution in [0.2, 0.25) is 0 Å². The Kier molecular flexibility index (Phi) is 4.59. The molecule has 1 saturated heterocycles. The van der Waals surface area contributed by atoms with Crippen molar-refractivity contribution >= 4 is 22.7 Å². The fraction of sp³-hybridized carbons (Fsp3) is 0.261. The van der Waals surface area contributed by atoms with Crippen LogP contribution < -0.4 is 0 Å². The number of para-hydroxylation sites is 1. The molecule has 4 heterocycles. The maximum atomic E-state index is 13.4. The lowest BCUT2D eigenvalue weighted by molar-refractivity contribution is -0.131. The SMILES string of the molecule is O=C(C1=C(O)C(=O)N(CC2CCCO2)C1c1ccncc1)c1cc2ccccc2o1. The minimum absolute atomic E-state index is 0.0169. The van der Waals surface area contributed by atoms with Crippen LogP contribution in [0, 0.1) is 0 Å². The van der Waals surface area contributed by atoms with Gasteiger partial charge < -0.3 is 19.2 Å². The van der Waals surface area contributed by atoms with Crippen molar-refractivity contribution in [2.75, 3.05) is 13.2 Å². The van der Waals surface area contributed by atoms with Gasteiger partial charge in [0, 0.05) is 30.9 Å². The van der Waals surface area contributed by atoms with Crippen molar-refractivity contribution in [3.05, 3.63) is 77.5 Å². The van der Waals surface area contributed by atoms with E-state index in [0.29, 0.717) is 24.3 Å². The first-order valence-electron chi connectivity index (χ1n) is 9.92. The molecule has 2 aromatic heterocycles. The molecule has 7 heteroatoms. The van der Waals surface area contributed by atoms with Crippen LogP contribution in [0.25, 0.3) is 11.0 Å². The summed E-state index contributed by atoms with van der Waals surface area (Å²) in [5.41, 5.74) is 1.28. The zero-order valence-electron chi connectivity index (χ0n) is 16.2. The molecule has 0 bridgehead atoms. The second-order valence-corrected chi connectivity index (χ2v) is 7.52. The fourth-order valence-corrected chi connectivity index (χ4v) is 4.20. The molecule has 1 amide bonds. The summed E-state index contributed by atoms with van der Waals surface area (Å²) in [5.74, 6) is -1.54. The molecule has 0 spiro atoms. The zero-order chi connectivity index (χ0) is 20.7. The second-order valence-electron chi connectivity index (χ2n) is 7.52. The van der Waals surface area contributed by atoms with Crippen LogP contribution in [0.4, 0.5) is 0 Å². The first-order valence-corrected chi connectivity index (χ1v) is 9.92. The van der Waals surface area contributed by atoms with Crippen LogP contribution in [0.15, 0.2) is 70.6 Å². The highest BCUT2D eigenvalue weighted by molar-refractivity contribution is 6.16. The standard InChI is InChI=1S/C23H20N2O5/c26-21(18-12-15-4-1-2-6-17(15)30-18)19-20(14-7-9-24-10-8-14)25(23(28)22(19)27)13-16-5-3-11-29-16/h1-2,4,6-10,12,16,20,27H,3,5,11,13H2. The molecule has 7 nitrogen and oxygen atoms in total. The third-order valence-corrected chi connectivity index (χ3v) is 5.64. The third-order valence-electron chi connectivity index (χ3n) is 5.64. The van der Waals surface area contributed by atoms with E-state index in [9.17, 15) is 14.7 Å². The number of fused-ring (bicyclic) bond motifs is 1. The van der Waals surface area contributed by atoms with Gasteiger partial charge in [-0.2, -0.15) is 0 Å². The lowest BCUT2D eigenvalue weighted by atomic mass is 9.95. The predicted molar refractivity (Wildman–Crippen MR) is 108 cm³/mol. The molecule has 30 heavy (non-hydrogen) atoms. The molecule has 1 aromatic carbocycles. The van der Waals surface area contributed by atoms with E-state index in [4.69, 9.17) is 9.15 Å². The van der Waals surface area contributed by atoms with E-state index < -0.39 is 23.5 Å². The molecule has 2 atom stereocenters. The topological polar surface area (TPSA) is 92.9 Å².